The zero-order chi connectivity index (χ0) is 12.8. The predicted octanol–water partition coefficient (Wildman–Crippen LogP) is 3.79. The molecular formula is C16H19NS. The highest BCUT2D eigenvalue weighted by Gasteiger charge is 2.03. The van der Waals surface area contributed by atoms with E-state index in [4.69, 9.17) is 5.73 Å². The molecule has 2 aromatic rings. The van der Waals surface area contributed by atoms with Crippen LogP contribution < -0.4 is 5.73 Å². The summed E-state index contributed by atoms with van der Waals surface area (Å²) >= 11 is 1.89. The molecule has 0 radical (unpaired) electrons. The van der Waals surface area contributed by atoms with Crippen LogP contribution >= 0.6 is 11.8 Å². The summed E-state index contributed by atoms with van der Waals surface area (Å²) in [5, 5.41) is 0. The molecule has 0 aliphatic carbocycles. The Balaban J connectivity index is 2.09. The second-order valence-electron chi connectivity index (χ2n) is 4.42. The SMILES string of the molecule is Cc1ccc(SCc2ccccc2)c(CCN)c1. The van der Waals surface area contributed by atoms with E-state index in [0.29, 0.717) is 6.54 Å². The summed E-state index contributed by atoms with van der Waals surface area (Å²) in [6, 6.07) is 17.2. The van der Waals surface area contributed by atoms with Gasteiger partial charge < -0.3 is 5.73 Å². The van der Waals surface area contributed by atoms with Gasteiger partial charge in [0.25, 0.3) is 0 Å². The van der Waals surface area contributed by atoms with Crippen LogP contribution in [-0.4, -0.2) is 6.54 Å². The van der Waals surface area contributed by atoms with Crippen LogP contribution in [0.1, 0.15) is 16.7 Å². The Labute approximate surface area is 113 Å². The molecule has 2 heteroatoms. The maximum Gasteiger partial charge on any atom is 0.0232 e. The van der Waals surface area contributed by atoms with Crippen molar-refractivity contribution in [3.63, 3.8) is 0 Å². The molecule has 0 atom stereocenters. The highest BCUT2D eigenvalue weighted by atomic mass is 32.2. The summed E-state index contributed by atoms with van der Waals surface area (Å²) in [5.74, 6) is 1.02. The van der Waals surface area contributed by atoms with Gasteiger partial charge in [0, 0.05) is 10.6 Å². The second-order valence-corrected chi connectivity index (χ2v) is 5.44. The number of aryl methyl sites for hydroxylation is 1. The Hall–Kier alpha value is -1.25. The average molecular weight is 257 g/mol. The lowest BCUT2D eigenvalue weighted by Crippen LogP contribution is -2.04. The van der Waals surface area contributed by atoms with Gasteiger partial charge in [-0.25, -0.2) is 0 Å². The molecule has 1 nitrogen and oxygen atoms in total. The van der Waals surface area contributed by atoms with E-state index in [-0.39, 0.29) is 0 Å². The van der Waals surface area contributed by atoms with Crippen LogP contribution in [0.5, 0.6) is 0 Å². The molecule has 0 fully saturated rings. The van der Waals surface area contributed by atoms with Crippen LogP contribution in [0, 0.1) is 6.92 Å². The van der Waals surface area contributed by atoms with Crippen LogP contribution in [0.25, 0.3) is 0 Å². The van der Waals surface area contributed by atoms with E-state index in [1.54, 1.807) is 0 Å². The van der Waals surface area contributed by atoms with E-state index < -0.39 is 0 Å². The Morgan fingerprint density at radius 2 is 1.83 bits per heavy atom. The number of hydrogen-bond donors (Lipinski definition) is 1. The minimum absolute atomic E-state index is 0.711. The predicted molar refractivity (Wildman–Crippen MR) is 79.9 cm³/mol. The van der Waals surface area contributed by atoms with Gasteiger partial charge in [0.15, 0.2) is 0 Å². The van der Waals surface area contributed by atoms with Crippen molar-refractivity contribution in [2.45, 2.75) is 24.0 Å². The Bertz CT molecular complexity index is 494. The summed E-state index contributed by atoms with van der Waals surface area (Å²) in [6.07, 6.45) is 0.957. The lowest BCUT2D eigenvalue weighted by molar-refractivity contribution is 0.941. The number of hydrogen-bond acceptors (Lipinski definition) is 2. The van der Waals surface area contributed by atoms with E-state index in [0.717, 1.165) is 12.2 Å². The Kier molecular flexibility index (Phi) is 4.85. The van der Waals surface area contributed by atoms with Gasteiger partial charge in [0.05, 0.1) is 0 Å². The van der Waals surface area contributed by atoms with Crippen molar-refractivity contribution >= 4 is 11.8 Å². The quantitative estimate of drug-likeness (QED) is 0.825. The van der Waals surface area contributed by atoms with E-state index in [2.05, 4.69) is 55.5 Å². The third-order valence-corrected chi connectivity index (χ3v) is 4.05. The first-order valence-electron chi connectivity index (χ1n) is 6.26. The van der Waals surface area contributed by atoms with Gasteiger partial charge in [-0.2, -0.15) is 0 Å². The van der Waals surface area contributed by atoms with Gasteiger partial charge in [0.1, 0.15) is 0 Å². The number of thioether (sulfide) groups is 1. The number of benzene rings is 2. The fourth-order valence-electron chi connectivity index (χ4n) is 1.94. The number of rotatable bonds is 5. The van der Waals surface area contributed by atoms with Gasteiger partial charge in [-0.05, 0) is 37.1 Å². The third-order valence-electron chi connectivity index (χ3n) is 2.87. The molecule has 0 bridgehead atoms. The lowest BCUT2D eigenvalue weighted by atomic mass is 10.1. The normalized spacial score (nSPS) is 10.6. The van der Waals surface area contributed by atoms with E-state index in [1.165, 1.54) is 21.6 Å². The Morgan fingerprint density at radius 1 is 1.06 bits per heavy atom. The van der Waals surface area contributed by atoms with Gasteiger partial charge in [-0.1, -0.05) is 48.0 Å². The average Bonchev–Trinajstić information content (AvgIpc) is 2.39. The van der Waals surface area contributed by atoms with Gasteiger partial charge >= 0.3 is 0 Å². The molecule has 18 heavy (non-hydrogen) atoms. The fraction of sp³-hybridized carbons (Fsp3) is 0.250. The molecule has 2 N–H and O–H groups in total. The molecular weight excluding hydrogens is 238 g/mol. The maximum absolute atomic E-state index is 5.68. The molecule has 0 saturated heterocycles. The van der Waals surface area contributed by atoms with Crippen molar-refractivity contribution < 1.29 is 0 Å². The van der Waals surface area contributed by atoms with Crippen molar-refractivity contribution in [2.24, 2.45) is 5.73 Å². The van der Waals surface area contributed by atoms with Crippen LogP contribution in [0.2, 0.25) is 0 Å². The summed E-state index contributed by atoms with van der Waals surface area (Å²) in [7, 11) is 0. The molecule has 0 aliphatic rings. The minimum atomic E-state index is 0.711. The van der Waals surface area contributed by atoms with Crippen LogP contribution in [-0.2, 0) is 12.2 Å². The first-order chi connectivity index (χ1) is 8.79. The lowest BCUT2D eigenvalue weighted by Gasteiger charge is -2.09. The van der Waals surface area contributed by atoms with Gasteiger partial charge in [0.2, 0.25) is 0 Å². The molecule has 0 heterocycles. The molecule has 0 spiro atoms. The van der Waals surface area contributed by atoms with Crippen LogP contribution in [0.15, 0.2) is 53.4 Å². The fourth-order valence-corrected chi connectivity index (χ4v) is 2.96. The molecule has 0 amide bonds. The zero-order valence-corrected chi connectivity index (χ0v) is 11.5. The molecule has 0 saturated carbocycles. The highest BCUT2D eigenvalue weighted by Crippen LogP contribution is 2.27. The standard InChI is InChI=1S/C16H19NS/c1-13-7-8-16(15(11-13)9-10-17)18-12-14-5-3-2-4-6-14/h2-8,11H,9-10,12,17H2,1H3. The first-order valence-corrected chi connectivity index (χ1v) is 7.24. The monoisotopic (exact) mass is 257 g/mol. The van der Waals surface area contributed by atoms with Crippen molar-refractivity contribution in [1.82, 2.24) is 0 Å². The third kappa shape index (κ3) is 3.62. The van der Waals surface area contributed by atoms with Crippen molar-refractivity contribution in [3.8, 4) is 0 Å². The summed E-state index contributed by atoms with van der Waals surface area (Å²) < 4.78 is 0. The minimum Gasteiger partial charge on any atom is -0.330 e. The maximum atomic E-state index is 5.68. The molecule has 0 unspecified atom stereocenters. The van der Waals surface area contributed by atoms with Crippen molar-refractivity contribution in [3.05, 3.63) is 65.2 Å². The van der Waals surface area contributed by atoms with Crippen molar-refractivity contribution in [1.29, 1.82) is 0 Å². The van der Waals surface area contributed by atoms with Gasteiger partial charge in [-0.3, -0.25) is 0 Å². The number of nitrogens with two attached hydrogens (primary N) is 1. The van der Waals surface area contributed by atoms with Crippen molar-refractivity contribution in [2.75, 3.05) is 6.54 Å². The first kappa shape index (κ1) is 13.2. The summed E-state index contributed by atoms with van der Waals surface area (Å²) in [5.41, 5.74) is 9.72. The second kappa shape index (κ2) is 6.62. The molecule has 0 aromatic heterocycles. The highest BCUT2D eigenvalue weighted by molar-refractivity contribution is 7.98. The largest absolute Gasteiger partial charge is 0.330 e. The molecule has 94 valence electrons. The van der Waals surface area contributed by atoms with E-state index in [9.17, 15) is 0 Å². The molecule has 2 rings (SSSR count). The van der Waals surface area contributed by atoms with Crippen LogP contribution in [0.4, 0.5) is 0 Å². The van der Waals surface area contributed by atoms with Gasteiger partial charge in [-0.15, -0.1) is 11.8 Å². The van der Waals surface area contributed by atoms with Crippen LogP contribution in [0.3, 0.4) is 0 Å². The Morgan fingerprint density at radius 3 is 2.56 bits per heavy atom. The molecule has 0 aliphatic heterocycles. The summed E-state index contributed by atoms with van der Waals surface area (Å²) in [4.78, 5) is 1.36. The van der Waals surface area contributed by atoms with E-state index >= 15 is 0 Å². The van der Waals surface area contributed by atoms with E-state index in [1.807, 2.05) is 11.8 Å². The molecule has 2 aromatic carbocycles. The summed E-state index contributed by atoms with van der Waals surface area (Å²) in [6.45, 7) is 2.84. The topological polar surface area (TPSA) is 26.0 Å². The zero-order valence-electron chi connectivity index (χ0n) is 10.7. The smallest absolute Gasteiger partial charge is 0.0232 e.